The molecule has 1 fully saturated rings. The van der Waals surface area contributed by atoms with Gasteiger partial charge in [0.2, 0.25) is 0 Å². The van der Waals surface area contributed by atoms with Crippen molar-refractivity contribution in [1.82, 2.24) is 20.2 Å². The number of amides is 2. The third-order valence-corrected chi connectivity index (χ3v) is 2.60. The highest BCUT2D eigenvalue weighted by atomic mass is 16.2. The predicted molar refractivity (Wildman–Crippen MR) is 60.5 cm³/mol. The molecule has 0 aromatic heterocycles. The third kappa shape index (κ3) is 2.93. The lowest BCUT2D eigenvalue weighted by molar-refractivity contribution is -0.160. The Hall–Kier alpha value is -1.14. The molecular formula is C10H20N4O2. The van der Waals surface area contributed by atoms with Gasteiger partial charge in [0.15, 0.2) is 0 Å². The maximum absolute atomic E-state index is 11.9. The summed E-state index contributed by atoms with van der Waals surface area (Å²) in [7, 11) is 3.51. The van der Waals surface area contributed by atoms with Crippen LogP contribution in [0, 0.1) is 0 Å². The minimum Gasteiger partial charge on any atom is -0.332 e. The first-order valence-corrected chi connectivity index (χ1v) is 5.56. The van der Waals surface area contributed by atoms with Crippen molar-refractivity contribution in [3.8, 4) is 0 Å². The van der Waals surface area contributed by atoms with Crippen molar-refractivity contribution in [2.75, 3.05) is 46.8 Å². The van der Waals surface area contributed by atoms with Crippen molar-refractivity contribution >= 4 is 11.8 Å². The van der Waals surface area contributed by atoms with Crippen LogP contribution in [-0.2, 0) is 9.59 Å². The van der Waals surface area contributed by atoms with Gasteiger partial charge >= 0.3 is 11.8 Å². The van der Waals surface area contributed by atoms with Crippen LogP contribution in [0.5, 0.6) is 0 Å². The SMILES string of the molecule is CCN(C(=O)C(=O)N1CCNCC1)N(C)C. The number of likely N-dealkylation sites (N-methyl/N-ethyl adjacent to an activating group) is 1. The van der Waals surface area contributed by atoms with E-state index in [0.29, 0.717) is 19.6 Å². The van der Waals surface area contributed by atoms with Gasteiger partial charge in [-0.3, -0.25) is 14.6 Å². The van der Waals surface area contributed by atoms with Gasteiger partial charge in [-0.15, -0.1) is 0 Å². The number of hydrogen-bond acceptors (Lipinski definition) is 4. The van der Waals surface area contributed by atoms with Crippen LogP contribution in [0.4, 0.5) is 0 Å². The molecule has 1 rings (SSSR count). The van der Waals surface area contributed by atoms with E-state index >= 15 is 0 Å². The van der Waals surface area contributed by atoms with Gasteiger partial charge in [-0.1, -0.05) is 0 Å². The van der Waals surface area contributed by atoms with Gasteiger partial charge in [-0.05, 0) is 6.92 Å². The topological polar surface area (TPSA) is 55.9 Å². The van der Waals surface area contributed by atoms with Crippen LogP contribution < -0.4 is 5.32 Å². The Kier molecular flexibility index (Phi) is 4.70. The van der Waals surface area contributed by atoms with E-state index in [9.17, 15) is 9.59 Å². The molecule has 1 aliphatic heterocycles. The number of carbonyl (C=O) groups is 2. The summed E-state index contributed by atoms with van der Waals surface area (Å²) in [5.74, 6) is -0.855. The summed E-state index contributed by atoms with van der Waals surface area (Å²) in [6.45, 7) is 5.08. The first-order chi connectivity index (χ1) is 7.57. The van der Waals surface area contributed by atoms with E-state index in [0.717, 1.165) is 13.1 Å². The molecule has 92 valence electrons. The molecule has 0 saturated carbocycles. The highest BCUT2D eigenvalue weighted by Crippen LogP contribution is 1.99. The Balaban J connectivity index is 2.61. The van der Waals surface area contributed by atoms with Gasteiger partial charge in [0, 0.05) is 46.8 Å². The van der Waals surface area contributed by atoms with Crippen LogP contribution >= 0.6 is 0 Å². The molecule has 0 atom stereocenters. The Morgan fingerprint density at radius 1 is 1.25 bits per heavy atom. The van der Waals surface area contributed by atoms with Crippen molar-refractivity contribution in [3.63, 3.8) is 0 Å². The maximum atomic E-state index is 11.9. The minimum absolute atomic E-state index is 0.406. The van der Waals surface area contributed by atoms with E-state index in [1.54, 1.807) is 24.0 Å². The van der Waals surface area contributed by atoms with E-state index in [-0.39, 0.29) is 0 Å². The summed E-state index contributed by atoms with van der Waals surface area (Å²) in [6, 6.07) is 0. The average Bonchev–Trinajstić information content (AvgIpc) is 2.29. The molecule has 1 heterocycles. The van der Waals surface area contributed by atoms with Gasteiger partial charge in [0.05, 0.1) is 0 Å². The van der Waals surface area contributed by atoms with E-state index in [1.165, 1.54) is 5.01 Å². The number of nitrogens with zero attached hydrogens (tertiary/aromatic N) is 3. The molecule has 1 N–H and O–H groups in total. The molecule has 0 radical (unpaired) electrons. The minimum atomic E-state index is -0.450. The van der Waals surface area contributed by atoms with Crippen molar-refractivity contribution < 1.29 is 9.59 Å². The van der Waals surface area contributed by atoms with Crippen LogP contribution in [0.25, 0.3) is 0 Å². The van der Waals surface area contributed by atoms with Gasteiger partial charge in [0.25, 0.3) is 0 Å². The van der Waals surface area contributed by atoms with Crippen LogP contribution in [0.2, 0.25) is 0 Å². The lowest BCUT2D eigenvalue weighted by Gasteiger charge is -2.31. The third-order valence-electron chi connectivity index (χ3n) is 2.60. The molecule has 0 aromatic carbocycles. The van der Waals surface area contributed by atoms with Crippen LogP contribution in [0.15, 0.2) is 0 Å². The fourth-order valence-corrected chi connectivity index (χ4v) is 1.72. The molecule has 0 spiro atoms. The van der Waals surface area contributed by atoms with E-state index < -0.39 is 11.8 Å². The fraction of sp³-hybridized carbons (Fsp3) is 0.800. The summed E-state index contributed by atoms with van der Waals surface area (Å²) in [5, 5.41) is 6.22. The zero-order valence-electron chi connectivity index (χ0n) is 10.2. The van der Waals surface area contributed by atoms with Gasteiger partial charge < -0.3 is 10.2 Å². The molecule has 6 heteroatoms. The normalized spacial score (nSPS) is 16.4. The molecule has 16 heavy (non-hydrogen) atoms. The summed E-state index contributed by atoms with van der Waals surface area (Å²) in [4.78, 5) is 25.4. The lowest BCUT2D eigenvalue weighted by Crippen LogP contribution is -2.54. The van der Waals surface area contributed by atoms with Crippen molar-refractivity contribution in [1.29, 1.82) is 0 Å². The number of rotatable bonds is 2. The van der Waals surface area contributed by atoms with Crippen LogP contribution in [-0.4, -0.2) is 73.6 Å². The number of piperazine rings is 1. The second kappa shape index (κ2) is 5.81. The molecule has 0 unspecified atom stereocenters. The first kappa shape index (κ1) is 12.9. The number of hydrazine groups is 1. The van der Waals surface area contributed by atoms with E-state index in [4.69, 9.17) is 0 Å². The van der Waals surface area contributed by atoms with Gasteiger partial charge in [0.1, 0.15) is 0 Å². The molecule has 1 saturated heterocycles. The van der Waals surface area contributed by atoms with E-state index in [1.807, 2.05) is 6.92 Å². The van der Waals surface area contributed by atoms with Crippen molar-refractivity contribution in [2.45, 2.75) is 6.92 Å². The largest absolute Gasteiger partial charge is 0.332 e. The molecule has 2 amide bonds. The molecular weight excluding hydrogens is 208 g/mol. The number of nitrogens with one attached hydrogen (secondary N) is 1. The Bertz CT molecular complexity index is 262. The van der Waals surface area contributed by atoms with Crippen LogP contribution in [0.1, 0.15) is 6.92 Å². The smallest absolute Gasteiger partial charge is 0.326 e. The van der Waals surface area contributed by atoms with Crippen molar-refractivity contribution in [3.05, 3.63) is 0 Å². The summed E-state index contributed by atoms with van der Waals surface area (Å²) in [6.07, 6.45) is 0. The maximum Gasteiger partial charge on any atom is 0.326 e. The highest BCUT2D eigenvalue weighted by molar-refractivity contribution is 6.34. The molecule has 0 aliphatic carbocycles. The Morgan fingerprint density at radius 3 is 2.25 bits per heavy atom. The summed E-state index contributed by atoms with van der Waals surface area (Å²) < 4.78 is 0. The van der Waals surface area contributed by atoms with Crippen molar-refractivity contribution in [2.24, 2.45) is 0 Å². The Morgan fingerprint density at radius 2 is 1.81 bits per heavy atom. The monoisotopic (exact) mass is 228 g/mol. The average molecular weight is 228 g/mol. The number of hydrogen-bond donors (Lipinski definition) is 1. The highest BCUT2D eigenvalue weighted by Gasteiger charge is 2.28. The zero-order chi connectivity index (χ0) is 12.1. The van der Waals surface area contributed by atoms with Crippen LogP contribution in [0.3, 0.4) is 0 Å². The molecule has 6 nitrogen and oxygen atoms in total. The summed E-state index contributed by atoms with van der Waals surface area (Å²) >= 11 is 0. The zero-order valence-corrected chi connectivity index (χ0v) is 10.2. The molecule has 0 bridgehead atoms. The second-order valence-corrected chi connectivity index (χ2v) is 3.91. The Labute approximate surface area is 96.1 Å². The first-order valence-electron chi connectivity index (χ1n) is 5.56. The van der Waals surface area contributed by atoms with E-state index in [2.05, 4.69) is 5.32 Å². The van der Waals surface area contributed by atoms with Gasteiger partial charge in [-0.2, -0.15) is 0 Å². The number of carbonyl (C=O) groups excluding carboxylic acids is 2. The molecule has 0 aromatic rings. The second-order valence-electron chi connectivity index (χ2n) is 3.91. The fourth-order valence-electron chi connectivity index (χ4n) is 1.72. The standard InChI is InChI=1S/C10H20N4O2/c1-4-14(12(2)3)10(16)9(15)13-7-5-11-6-8-13/h11H,4-8H2,1-3H3. The summed E-state index contributed by atoms with van der Waals surface area (Å²) in [5.41, 5.74) is 0. The quantitative estimate of drug-likeness (QED) is 0.474. The van der Waals surface area contributed by atoms with Gasteiger partial charge in [-0.25, -0.2) is 5.01 Å². The predicted octanol–water partition coefficient (Wildman–Crippen LogP) is -1.26. The lowest BCUT2D eigenvalue weighted by atomic mass is 10.3. The molecule has 1 aliphatic rings.